The lowest BCUT2D eigenvalue weighted by Gasteiger charge is -2.20. The fourth-order valence-corrected chi connectivity index (χ4v) is 5.43. The fraction of sp³-hybridized carbons (Fsp3) is 0.391. The van der Waals surface area contributed by atoms with Crippen LogP contribution in [0.15, 0.2) is 64.4 Å². The molecule has 2 bridgehead atoms. The number of anilines is 1. The number of hydrogen-bond acceptors (Lipinski definition) is 4. The highest BCUT2D eigenvalue weighted by atomic mass is 32.2. The molecule has 3 atom stereocenters. The van der Waals surface area contributed by atoms with Crippen molar-refractivity contribution in [2.24, 2.45) is 17.8 Å². The fourth-order valence-electron chi connectivity index (χ4n) is 4.51. The Labute approximate surface area is 170 Å². The van der Waals surface area contributed by atoms with Gasteiger partial charge in [-0.3, -0.25) is 9.59 Å². The molecule has 5 heteroatoms. The maximum absolute atomic E-state index is 12.3. The summed E-state index contributed by atoms with van der Waals surface area (Å²) < 4.78 is 5.25. The molecule has 4 nitrogen and oxygen atoms in total. The van der Waals surface area contributed by atoms with Gasteiger partial charge >= 0.3 is 5.97 Å². The number of hydrogen-bond donors (Lipinski definition) is 1. The topological polar surface area (TPSA) is 55.4 Å². The molecule has 2 saturated carbocycles. The zero-order valence-corrected chi connectivity index (χ0v) is 16.6. The third-order valence-corrected chi connectivity index (χ3v) is 6.89. The molecule has 4 rings (SSSR count). The largest absolute Gasteiger partial charge is 0.456 e. The van der Waals surface area contributed by atoms with E-state index in [0.29, 0.717) is 18.3 Å². The number of fused-ring (bicyclic) bond motifs is 2. The second-order valence-electron chi connectivity index (χ2n) is 7.76. The summed E-state index contributed by atoms with van der Waals surface area (Å²) in [7, 11) is 0. The highest BCUT2D eigenvalue weighted by Crippen LogP contribution is 2.49. The standard InChI is InChI=1S/C23H25NO3S/c25-22(15-27-23(26)14-18-13-16-10-11-17(18)12-16)24-20-8-4-5-9-21(20)28-19-6-2-1-3-7-19/h1-9,16-18H,10-15H2,(H,24,25)/t16-,17+,18+/m0/s1. The van der Waals surface area contributed by atoms with E-state index in [1.165, 1.54) is 19.3 Å². The maximum atomic E-state index is 12.3. The molecular weight excluding hydrogens is 370 g/mol. The molecule has 2 aliphatic rings. The van der Waals surface area contributed by atoms with Crippen LogP contribution in [0.25, 0.3) is 0 Å². The van der Waals surface area contributed by atoms with Crippen LogP contribution in [0.2, 0.25) is 0 Å². The Morgan fingerprint density at radius 1 is 1.00 bits per heavy atom. The Balaban J connectivity index is 1.27. The average Bonchev–Trinajstić information content (AvgIpc) is 3.32. The molecule has 0 heterocycles. The molecule has 2 aromatic rings. The number of benzene rings is 2. The third-order valence-electron chi connectivity index (χ3n) is 5.81. The highest BCUT2D eigenvalue weighted by molar-refractivity contribution is 7.99. The molecule has 0 aromatic heterocycles. The molecule has 28 heavy (non-hydrogen) atoms. The van der Waals surface area contributed by atoms with Crippen LogP contribution >= 0.6 is 11.8 Å². The van der Waals surface area contributed by atoms with E-state index in [2.05, 4.69) is 5.32 Å². The van der Waals surface area contributed by atoms with E-state index in [1.54, 1.807) is 11.8 Å². The predicted octanol–water partition coefficient (Wildman–Crippen LogP) is 5.15. The number of nitrogens with one attached hydrogen (secondary N) is 1. The molecule has 0 saturated heterocycles. The van der Waals surface area contributed by atoms with Crippen molar-refractivity contribution in [2.75, 3.05) is 11.9 Å². The van der Waals surface area contributed by atoms with Crippen LogP contribution in [-0.4, -0.2) is 18.5 Å². The summed E-state index contributed by atoms with van der Waals surface area (Å²) in [6, 6.07) is 17.7. The van der Waals surface area contributed by atoms with Crippen LogP contribution in [-0.2, 0) is 14.3 Å². The lowest BCUT2D eigenvalue weighted by Crippen LogP contribution is -2.23. The van der Waals surface area contributed by atoms with Crippen LogP contribution in [0.1, 0.15) is 32.1 Å². The first kappa shape index (κ1) is 19.1. The molecule has 2 aromatic carbocycles. The van der Waals surface area contributed by atoms with Crippen LogP contribution in [0.4, 0.5) is 5.69 Å². The Hall–Kier alpha value is -2.27. The second-order valence-corrected chi connectivity index (χ2v) is 8.87. The van der Waals surface area contributed by atoms with Crippen molar-refractivity contribution in [3.63, 3.8) is 0 Å². The van der Waals surface area contributed by atoms with Gasteiger partial charge in [0.05, 0.1) is 5.69 Å². The van der Waals surface area contributed by atoms with Gasteiger partial charge in [0.15, 0.2) is 6.61 Å². The van der Waals surface area contributed by atoms with Crippen molar-refractivity contribution >= 4 is 29.3 Å². The van der Waals surface area contributed by atoms with Gasteiger partial charge in [0.1, 0.15) is 0 Å². The Bertz CT molecular complexity index is 839. The van der Waals surface area contributed by atoms with Gasteiger partial charge < -0.3 is 10.1 Å². The molecular formula is C23H25NO3S. The van der Waals surface area contributed by atoms with Crippen molar-refractivity contribution in [3.05, 3.63) is 54.6 Å². The number of esters is 1. The van der Waals surface area contributed by atoms with Gasteiger partial charge in [0.25, 0.3) is 5.91 Å². The van der Waals surface area contributed by atoms with E-state index < -0.39 is 0 Å². The lowest BCUT2D eigenvalue weighted by molar-refractivity contribution is -0.148. The van der Waals surface area contributed by atoms with E-state index in [-0.39, 0.29) is 18.5 Å². The Morgan fingerprint density at radius 3 is 2.54 bits per heavy atom. The highest BCUT2D eigenvalue weighted by Gasteiger charge is 2.40. The molecule has 0 aliphatic heterocycles. The maximum Gasteiger partial charge on any atom is 0.306 e. The van der Waals surface area contributed by atoms with Gasteiger partial charge in [-0.1, -0.05) is 48.5 Å². The number of amides is 1. The van der Waals surface area contributed by atoms with E-state index >= 15 is 0 Å². The van der Waals surface area contributed by atoms with Gasteiger partial charge in [-0.25, -0.2) is 0 Å². The van der Waals surface area contributed by atoms with Gasteiger partial charge in [-0.05, 0) is 61.3 Å². The molecule has 2 fully saturated rings. The molecule has 1 amide bonds. The van der Waals surface area contributed by atoms with Gasteiger partial charge in [0.2, 0.25) is 0 Å². The molecule has 0 radical (unpaired) electrons. The first-order chi connectivity index (χ1) is 13.7. The monoisotopic (exact) mass is 395 g/mol. The summed E-state index contributed by atoms with van der Waals surface area (Å²) in [6.45, 7) is -0.232. The smallest absolute Gasteiger partial charge is 0.306 e. The van der Waals surface area contributed by atoms with E-state index in [0.717, 1.165) is 27.8 Å². The minimum Gasteiger partial charge on any atom is -0.456 e. The molecule has 1 N–H and O–H groups in total. The minimum atomic E-state index is -0.303. The van der Waals surface area contributed by atoms with Gasteiger partial charge in [0, 0.05) is 16.2 Å². The summed E-state index contributed by atoms with van der Waals surface area (Å²) in [5.41, 5.74) is 0.727. The zero-order valence-electron chi connectivity index (χ0n) is 15.8. The quantitative estimate of drug-likeness (QED) is 0.659. The van der Waals surface area contributed by atoms with Crippen LogP contribution in [0, 0.1) is 17.8 Å². The summed E-state index contributed by atoms with van der Waals surface area (Å²) in [5.74, 6) is 1.40. The van der Waals surface area contributed by atoms with Crippen LogP contribution < -0.4 is 5.32 Å². The van der Waals surface area contributed by atoms with Gasteiger partial charge in [-0.2, -0.15) is 0 Å². The van der Waals surface area contributed by atoms with Crippen molar-refractivity contribution in [2.45, 2.75) is 41.9 Å². The second kappa shape index (κ2) is 8.82. The number of carbonyl (C=O) groups excluding carboxylic acids is 2. The third kappa shape index (κ3) is 4.76. The van der Waals surface area contributed by atoms with Crippen LogP contribution in [0.3, 0.4) is 0 Å². The molecule has 2 aliphatic carbocycles. The number of carbonyl (C=O) groups is 2. The summed E-state index contributed by atoms with van der Waals surface area (Å²) in [4.78, 5) is 26.5. The summed E-state index contributed by atoms with van der Waals surface area (Å²) in [5, 5.41) is 2.87. The molecule has 146 valence electrons. The van der Waals surface area contributed by atoms with Crippen molar-refractivity contribution in [3.8, 4) is 0 Å². The molecule has 0 spiro atoms. The number of ether oxygens (including phenoxy) is 1. The SMILES string of the molecule is O=C(COC(=O)C[C@H]1C[C@H]2CC[C@@H]1C2)Nc1ccccc1Sc1ccccc1. The normalized spacial score (nSPS) is 22.8. The lowest BCUT2D eigenvalue weighted by atomic mass is 9.86. The minimum absolute atomic E-state index is 0.232. The number of rotatable bonds is 7. The van der Waals surface area contributed by atoms with Gasteiger partial charge in [-0.15, -0.1) is 0 Å². The Kier molecular flexibility index (Phi) is 6.01. The van der Waals surface area contributed by atoms with Crippen molar-refractivity contribution < 1.29 is 14.3 Å². The van der Waals surface area contributed by atoms with E-state index in [4.69, 9.17) is 4.74 Å². The predicted molar refractivity (Wildman–Crippen MR) is 110 cm³/mol. The van der Waals surface area contributed by atoms with E-state index in [9.17, 15) is 9.59 Å². The first-order valence-electron chi connectivity index (χ1n) is 9.95. The van der Waals surface area contributed by atoms with Crippen LogP contribution in [0.5, 0.6) is 0 Å². The van der Waals surface area contributed by atoms with Crippen molar-refractivity contribution in [1.82, 2.24) is 0 Å². The first-order valence-corrected chi connectivity index (χ1v) is 10.8. The summed E-state index contributed by atoms with van der Waals surface area (Å²) >= 11 is 1.59. The zero-order chi connectivity index (χ0) is 19.3. The molecule has 0 unspecified atom stereocenters. The number of para-hydroxylation sites is 1. The van der Waals surface area contributed by atoms with E-state index in [1.807, 2.05) is 54.6 Å². The Morgan fingerprint density at radius 2 is 1.79 bits per heavy atom. The summed E-state index contributed by atoms with van der Waals surface area (Å²) in [6.07, 6.45) is 5.44. The van der Waals surface area contributed by atoms with Crippen molar-refractivity contribution in [1.29, 1.82) is 0 Å². The average molecular weight is 396 g/mol.